The van der Waals surface area contributed by atoms with Gasteiger partial charge in [-0.3, -0.25) is 14.4 Å². The Morgan fingerprint density at radius 2 is 0.900 bits per heavy atom. The summed E-state index contributed by atoms with van der Waals surface area (Å²) in [5.41, 5.74) is -0.289. The molecule has 6 heteroatoms. The van der Waals surface area contributed by atoms with Crippen LogP contribution < -0.4 is 0 Å². The van der Waals surface area contributed by atoms with Gasteiger partial charge in [-0.1, -0.05) is 113 Å². The summed E-state index contributed by atoms with van der Waals surface area (Å²) in [6, 6.07) is 25.2. The SMILES string of the molecule is CC(C)(CO)C(=O)c1ccccc1.CC(C)(O)C(=O)c1ccccc1.CC(C)c1ccc(C(=O)C(C)(C)O)cc1. The molecule has 0 atom stereocenters. The zero-order chi connectivity index (χ0) is 30.7. The smallest absolute Gasteiger partial charge is 0.193 e. The summed E-state index contributed by atoms with van der Waals surface area (Å²) in [6.07, 6.45) is 0. The zero-order valence-corrected chi connectivity index (χ0v) is 24.9. The van der Waals surface area contributed by atoms with Crippen LogP contribution in [0.3, 0.4) is 0 Å². The summed E-state index contributed by atoms with van der Waals surface area (Å²) < 4.78 is 0. The van der Waals surface area contributed by atoms with Crippen molar-refractivity contribution in [1.82, 2.24) is 0 Å². The summed E-state index contributed by atoms with van der Waals surface area (Å²) in [5.74, 6) is -0.0483. The van der Waals surface area contributed by atoms with Gasteiger partial charge in [-0.05, 0) is 39.2 Å². The molecule has 40 heavy (non-hydrogen) atoms. The number of ketones is 3. The second kappa shape index (κ2) is 14.8. The lowest BCUT2D eigenvalue weighted by molar-refractivity contribution is 0.0487. The van der Waals surface area contributed by atoms with Crippen molar-refractivity contribution < 1.29 is 29.7 Å². The maximum Gasteiger partial charge on any atom is 0.193 e. The maximum absolute atomic E-state index is 11.7. The average Bonchev–Trinajstić information content (AvgIpc) is 2.92. The molecule has 0 spiro atoms. The molecule has 0 saturated carbocycles. The molecule has 6 nitrogen and oxygen atoms in total. The summed E-state index contributed by atoms with van der Waals surface area (Å²) >= 11 is 0. The highest BCUT2D eigenvalue weighted by Gasteiger charge is 2.27. The van der Waals surface area contributed by atoms with E-state index in [9.17, 15) is 24.6 Å². The van der Waals surface area contributed by atoms with Gasteiger partial charge in [-0.2, -0.15) is 0 Å². The second-order valence-corrected chi connectivity index (χ2v) is 11.7. The fourth-order valence-corrected chi connectivity index (χ4v) is 3.37. The number of aliphatic hydroxyl groups is 3. The lowest BCUT2D eigenvalue weighted by Gasteiger charge is -2.19. The minimum absolute atomic E-state index is 0.0180. The van der Waals surface area contributed by atoms with Crippen molar-refractivity contribution in [1.29, 1.82) is 0 Å². The predicted molar refractivity (Wildman–Crippen MR) is 160 cm³/mol. The first-order chi connectivity index (χ1) is 18.4. The molecule has 3 aromatic rings. The molecule has 0 radical (unpaired) electrons. The van der Waals surface area contributed by atoms with E-state index in [2.05, 4.69) is 13.8 Å². The Balaban J connectivity index is 0.000000302. The first kappa shape index (κ1) is 34.6. The molecule has 0 aromatic heterocycles. The highest BCUT2D eigenvalue weighted by atomic mass is 16.3. The molecule has 0 amide bonds. The van der Waals surface area contributed by atoms with Crippen LogP contribution in [0.15, 0.2) is 84.9 Å². The van der Waals surface area contributed by atoms with Gasteiger partial charge in [0.25, 0.3) is 0 Å². The number of aliphatic hydroxyl groups excluding tert-OH is 1. The fraction of sp³-hybridized carbons (Fsp3) is 0.382. The quantitative estimate of drug-likeness (QED) is 0.285. The standard InChI is InChI=1S/C13H18O2.C11H14O2.C10H12O2/c1-9(2)10-5-7-11(8-6-10)12(14)13(3,4)15;1-11(2,8-12)10(13)9-6-4-3-5-7-9;1-10(2,12)9(11)8-6-4-3-5-7-8/h5-9,15H,1-4H3;3-7,12H,8H2,1-2H3;3-7,12H,1-2H3. The molecule has 0 bridgehead atoms. The molecular weight excluding hydrogens is 504 g/mol. The molecule has 216 valence electrons. The van der Waals surface area contributed by atoms with Crippen LogP contribution in [0.1, 0.15) is 97.9 Å². The van der Waals surface area contributed by atoms with Crippen molar-refractivity contribution in [2.75, 3.05) is 6.61 Å². The number of benzene rings is 3. The number of carbonyl (C=O) groups excluding carboxylic acids is 3. The first-order valence-corrected chi connectivity index (χ1v) is 13.3. The van der Waals surface area contributed by atoms with Gasteiger partial charge in [0.05, 0.1) is 12.0 Å². The molecule has 0 aliphatic carbocycles. The molecule has 0 aliphatic rings. The van der Waals surface area contributed by atoms with Crippen molar-refractivity contribution in [2.24, 2.45) is 5.41 Å². The van der Waals surface area contributed by atoms with E-state index in [0.29, 0.717) is 22.6 Å². The Hall–Kier alpha value is -3.45. The first-order valence-electron chi connectivity index (χ1n) is 13.3. The highest BCUT2D eigenvalue weighted by Crippen LogP contribution is 2.21. The molecule has 3 N–H and O–H groups in total. The molecule has 0 fully saturated rings. The number of hydrogen-bond donors (Lipinski definition) is 3. The van der Waals surface area contributed by atoms with E-state index in [4.69, 9.17) is 5.11 Å². The van der Waals surface area contributed by atoms with Crippen molar-refractivity contribution >= 4 is 17.3 Å². The van der Waals surface area contributed by atoms with Gasteiger partial charge >= 0.3 is 0 Å². The topological polar surface area (TPSA) is 112 Å². The summed E-state index contributed by atoms with van der Waals surface area (Å²) in [4.78, 5) is 34.9. The summed E-state index contributed by atoms with van der Waals surface area (Å²) in [6.45, 7) is 13.5. The lowest BCUT2D eigenvalue weighted by Crippen LogP contribution is -2.31. The van der Waals surface area contributed by atoms with Gasteiger partial charge in [0.1, 0.15) is 11.2 Å². The second-order valence-electron chi connectivity index (χ2n) is 11.7. The van der Waals surface area contributed by atoms with Gasteiger partial charge in [0.15, 0.2) is 17.3 Å². The third-order valence-corrected chi connectivity index (χ3v) is 6.03. The Labute approximate surface area is 238 Å². The van der Waals surface area contributed by atoms with E-state index in [-0.39, 0.29) is 24.0 Å². The van der Waals surface area contributed by atoms with E-state index < -0.39 is 16.6 Å². The molecular formula is C34H44O6. The van der Waals surface area contributed by atoms with Crippen LogP contribution in [0, 0.1) is 5.41 Å². The molecule has 3 rings (SSSR count). The number of rotatable bonds is 8. The third kappa shape index (κ3) is 11.0. The van der Waals surface area contributed by atoms with E-state index in [0.717, 1.165) is 0 Å². The highest BCUT2D eigenvalue weighted by molar-refractivity contribution is 6.02. The van der Waals surface area contributed by atoms with Gasteiger partial charge in [-0.15, -0.1) is 0 Å². The van der Waals surface area contributed by atoms with Crippen LogP contribution in [-0.4, -0.2) is 50.5 Å². The summed E-state index contributed by atoms with van der Waals surface area (Å²) in [7, 11) is 0. The van der Waals surface area contributed by atoms with Crippen LogP contribution in [0.2, 0.25) is 0 Å². The van der Waals surface area contributed by atoms with E-state index >= 15 is 0 Å². The van der Waals surface area contributed by atoms with E-state index in [1.807, 2.05) is 36.4 Å². The monoisotopic (exact) mass is 548 g/mol. The minimum Gasteiger partial charge on any atom is -0.395 e. The third-order valence-electron chi connectivity index (χ3n) is 6.03. The zero-order valence-electron chi connectivity index (χ0n) is 24.9. The van der Waals surface area contributed by atoms with E-state index in [1.165, 1.54) is 33.3 Å². The Morgan fingerprint density at radius 1 is 0.575 bits per heavy atom. The van der Waals surface area contributed by atoms with Gasteiger partial charge in [0, 0.05) is 16.7 Å². The van der Waals surface area contributed by atoms with Crippen LogP contribution in [0.4, 0.5) is 0 Å². The van der Waals surface area contributed by atoms with Crippen molar-refractivity contribution in [2.45, 2.75) is 72.5 Å². The summed E-state index contributed by atoms with van der Waals surface area (Å²) in [5, 5.41) is 28.0. The van der Waals surface area contributed by atoms with Gasteiger partial charge in [0.2, 0.25) is 0 Å². The van der Waals surface area contributed by atoms with Crippen molar-refractivity contribution in [3.05, 3.63) is 107 Å². The normalized spacial score (nSPS) is 11.5. The van der Waals surface area contributed by atoms with Gasteiger partial charge in [-0.25, -0.2) is 0 Å². The molecule has 0 unspecified atom stereocenters. The number of Topliss-reactive ketones (excluding diaryl/α,β-unsaturated/α-hetero) is 3. The minimum atomic E-state index is -1.29. The molecule has 0 heterocycles. The van der Waals surface area contributed by atoms with Crippen LogP contribution >= 0.6 is 0 Å². The predicted octanol–water partition coefficient (Wildman–Crippen LogP) is 6.29. The molecule has 3 aromatic carbocycles. The lowest BCUT2D eigenvalue weighted by atomic mass is 9.85. The van der Waals surface area contributed by atoms with Crippen LogP contribution in [0.25, 0.3) is 0 Å². The number of carbonyl (C=O) groups is 3. The average molecular weight is 549 g/mol. The fourth-order valence-electron chi connectivity index (χ4n) is 3.37. The van der Waals surface area contributed by atoms with Crippen molar-refractivity contribution in [3.8, 4) is 0 Å². The molecule has 0 saturated heterocycles. The largest absolute Gasteiger partial charge is 0.395 e. The Morgan fingerprint density at radius 3 is 1.20 bits per heavy atom. The van der Waals surface area contributed by atoms with Crippen LogP contribution in [-0.2, 0) is 0 Å². The van der Waals surface area contributed by atoms with Crippen LogP contribution in [0.5, 0.6) is 0 Å². The van der Waals surface area contributed by atoms with Gasteiger partial charge < -0.3 is 15.3 Å². The Bertz CT molecular complexity index is 1210. The van der Waals surface area contributed by atoms with Crippen molar-refractivity contribution in [3.63, 3.8) is 0 Å². The molecule has 0 aliphatic heterocycles. The number of hydrogen-bond acceptors (Lipinski definition) is 6. The maximum atomic E-state index is 11.7. The van der Waals surface area contributed by atoms with E-state index in [1.54, 1.807) is 62.4 Å². The Kier molecular flexibility index (Phi) is 12.8.